The van der Waals surface area contributed by atoms with Crippen LogP contribution in [0.3, 0.4) is 0 Å². The average molecular weight is 287 g/mol. The van der Waals surface area contributed by atoms with Crippen molar-refractivity contribution < 1.29 is 0 Å². The molecule has 1 saturated heterocycles. The van der Waals surface area contributed by atoms with Crippen molar-refractivity contribution in [1.29, 1.82) is 0 Å². The van der Waals surface area contributed by atoms with Crippen LogP contribution in [0.15, 0.2) is 11.4 Å². The minimum Gasteiger partial charge on any atom is -0.317 e. The number of halogens is 1. The van der Waals surface area contributed by atoms with Gasteiger partial charge < -0.3 is 5.32 Å². The number of rotatable bonds is 5. The lowest BCUT2D eigenvalue weighted by atomic mass is 9.95. The second kappa shape index (κ2) is 6.90. The Kier molecular flexibility index (Phi) is 5.49. The fourth-order valence-corrected chi connectivity index (χ4v) is 3.62. The Morgan fingerprint density at radius 3 is 2.78 bits per heavy atom. The van der Waals surface area contributed by atoms with E-state index in [4.69, 9.17) is 11.6 Å². The highest BCUT2D eigenvalue weighted by atomic mass is 35.5. The van der Waals surface area contributed by atoms with Gasteiger partial charge in [-0.05, 0) is 68.9 Å². The Labute approximate surface area is 119 Å². The highest BCUT2D eigenvalue weighted by Crippen LogP contribution is 2.30. The number of thiophene rings is 1. The van der Waals surface area contributed by atoms with E-state index in [1.54, 1.807) is 11.3 Å². The van der Waals surface area contributed by atoms with E-state index in [1.165, 1.54) is 38.0 Å². The van der Waals surface area contributed by atoms with Crippen molar-refractivity contribution in [3.05, 3.63) is 21.3 Å². The predicted molar refractivity (Wildman–Crippen MR) is 80.6 cm³/mol. The molecular formula is C14H23ClN2S. The number of piperidine rings is 1. The van der Waals surface area contributed by atoms with Crippen LogP contribution in [-0.2, 0) is 0 Å². The zero-order chi connectivity index (χ0) is 13.0. The SMILES string of the molecule is CCNCC1CCN(C(C)c2csc(Cl)c2)CC1. The lowest BCUT2D eigenvalue weighted by molar-refractivity contribution is 0.140. The maximum absolute atomic E-state index is 6.02. The van der Waals surface area contributed by atoms with Crippen molar-refractivity contribution in [2.75, 3.05) is 26.2 Å². The van der Waals surface area contributed by atoms with E-state index in [2.05, 4.69) is 35.5 Å². The predicted octanol–water partition coefficient (Wildman–Crippen LogP) is 3.78. The molecule has 102 valence electrons. The largest absolute Gasteiger partial charge is 0.317 e. The third-order valence-electron chi connectivity index (χ3n) is 3.95. The number of likely N-dealkylation sites (tertiary alicyclic amines) is 1. The molecule has 1 aliphatic heterocycles. The van der Waals surface area contributed by atoms with Gasteiger partial charge in [-0.25, -0.2) is 0 Å². The summed E-state index contributed by atoms with van der Waals surface area (Å²) < 4.78 is 0.902. The Morgan fingerprint density at radius 1 is 1.50 bits per heavy atom. The Balaban J connectivity index is 1.82. The van der Waals surface area contributed by atoms with E-state index in [-0.39, 0.29) is 0 Å². The molecule has 0 bridgehead atoms. The van der Waals surface area contributed by atoms with Crippen molar-refractivity contribution in [3.63, 3.8) is 0 Å². The quantitative estimate of drug-likeness (QED) is 0.886. The topological polar surface area (TPSA) is 15.3 Å². The standard InChI is InChI=1S/C14H23ClN2S/c1-3-16-9-12-4-6-17(7-5-12)11(2)13-8-14(15)18-10-13/h8,10-12,16H,3-7,9H2,1-2H3. The first kappa shape index (κ1) is 14.3. The van der Waals surface area contributed by atoms with Gasteiger partial charge >= 0.3 is 0 Å². The van der Waals surface area contributed by atoms with Crippen LogP contribution in [0.2, 0.25) is 4.34 Å². The summed E-state index contributed by atoms with van der Waals surface area (Å²) in [6.45, 7) is 9.17. The Hall–Kier alpha value is -0.0900. The van der Waals surface area contributed by atoms with Crippen molar-refractivity contribution in [3.8, 4) is 0 Å². The highest BCUT2D eigenvalue weighted by molar-refractivity contribution is 7.14. The van der Waals surface area contributed by atoms with Gasteiger partial charge in [0.2, 0.25) is 0 Å². The molecule has 2 heterocycles. The molecule has 4 heteroatoms. The average Bonchev–Trinajstić information content (AvgIpc) is 2.83. The van der Waals surface area contributed by atoms with Crippen LogP contribution in [0.25, 0.3) is 0 Å². The van der Waals surface area contributed by atoms with Crippen LogP contribution in [0.1, 0.15) is 38.3 Å². The summed E-state index contributed by atoms with van der Waals surface area (Å²) in [5.74, 6) is 0.861. The summed E-state index contributed by atoms with van der Waals surface area (Å²) in [5, 5.41) is 5.65. The summed E-state index contributed by atoms with van der Waals surface area (Å²) in [6.07, 6.45) is 2.63. The molecule has 1 aliphatic rings. The van der Waals surface area contributed by atoms with E-state index in [1.807, 2.05) is 0 Å². The molecule has 1 aromatic rings. The van der Waals surface area contributed by atoms with Crippen molar-refractivity contribution in [1.82, 2.24) is 10.2 Å². The fraction of sp³-hybridized carbons (Fsp3) is 0.714. The summed E-state index contributed by atoms with van der Waals surface area (Å²) >= 11 is 7.65. The van der Waals surface area contributed by atoms with E-state index in [0.717, 1.165) is 16.8 Å². The fourth-order valence-electron chi connectivity index (χ4n) is 2.65. The molecule has 2 nitrogen and oxygen atoms in total. The molecule has 0 saturated carbocycles. The molecule has 1 fully saturated rings. The van der Waals surface area contributed by atoms with Gasteiger partial charge in [-0.15, -0.1) is 11.3 Å². The number of hydrogen-bond acceptors (Lipinski definition) is 3. The van der Waals surface area contributed by atoms with Crippen molar-refractivity contribution in [2.24, 2.45) is 5.92 Å². The maximum atomic E-state index is 6.02. The van der Waals surface area contributed by atoms with Gasteiger partial charge in [0, 0.05) is 6.04 Å². The van der Waals surface area contributed by atoms with E-state index < -0.39 is 0 Å². The normalized spacial score (nSPS) is 20.2. The molecule has 2 rings (SSSR count). The number of nitrogens with one attached hydrogen (secondary N) is 1. The van der Waals surface area contributed by atoms with Gasteiger partial charge in [0.1, 0.15) is 0 Å². The number of nitrogens with zero attached hydrogens (tertiary/aromatic N) is 1. The molecular weight excluding hydrogens is 264 g/mol. The Bertz CT molecular complexity index is 358. The molecule has 1 unspecified atom stereocenters. The molecule has 0 aromatic carbocycles. The van der Waals surface area contributed by atoms with E-state index >= 15 is 0 Å². The molecule has 0 aliphatic carbocycles. The Morgan fingerprint density at radius 2 is 2.22 bits per heavy atom. The van der Waals surface area contributed by atoms with Crippen LogP contribution in [0, 0.1) is 5.92 Å². The minimum absolute atomic E-state index is 0.508. The monoisotopic (exact) mass is 286 g/mol. The van der Waals surface area contributed by atoms with E-state index in [9.17, 15) is 0 Å². The second-order valence-corrected chi connectivity index (χ2v) is 6.69. The lowest BCUT2D eigenvalue weighted by Gasteiger charge is -2.36. The van der Waals surface area contributed by atoms with Gasteiger partial charge in [0.25, 0.3) is 0 Å². The molecule has 1 aromatic heterocycles. The zero-order valence-corrected chi connectivity index (χ0v) is 12.9. The summed E-state index contributed by atoms with van der Waals surface area (Å²) in [6, 6.07) is 2.62. The lowest BCUT2D eigenvalue weighted by Crippen LogP contribution is -2.38. The van der Waals surface area contributed by atoms with Crippen LogP contribution in [0.4, 0.5) is 0 Å². The van der Waals surface area contributed by atoms with Gasteiger partial charge in [0.05, 0.1) is 4.34 Å². The first-order valence-electron chi connectivity index (χ1n) is 6.89. The maximum Gasteiger partial charge on any atom is 0.0931 e. The third-order valence-corrected chi connectivity index (χ3v) is 5.06. The van der Waals surface area contributed by atoms with Gasteiger partial charge in [-0.1, -0.05) is 18.5 Å². The molecule has 18 heavy (non-hydrogen) atoms. The highest BCUT2D eigenvalue weighted by Gasteiger charge is 2.23. The van der Waals surface area contributed by atoms with Crippen LogP contribution < -0.4 is 5.32 Å². The second-order valence-electron chi connectivity index (χ2n) is 5.15. The van der Waals surface area contributed by atoms with Gasteiger partial charge in [0.15, 0.2) is 0 Å². The van der Waals surface area contributed by atoms with Crippen LogP contribution in [-0.4, -0.2) is 31.1 Å². The molecule has 0 radical (unpaired) electrons. The van der Waals surface area contributed by atoms with Gasteiger partial charge in [-0.2, -0.15) is 0 Å². The molecule has 1 N–H and O–H groups in total. The minimum atomic E-state index is 0.508. The zero-order valence-electron chi connectivity index (χ0n) is 11.3. The summed E-state index contributed by atoms with van der Waals surface area (Å²) in [5.41, 5.74) is 1.37. The first-order valence-corrected chi connectivity index (χ1v) is 8.15. The third kappa shape index (κ3) is 3.70. The van der Waals surface area contributed by atoms with Crippen LogP contribution >= 0.6 is 22.9 Å². The first-order chi connectivity index (χ1) is 8.70. The number of hydrogen-bond donors (Lipinski definition) is 1. The van der Waals surface area contributed by atoms with Crippen molar-refractivity contribution in [2.45, 2.75) is 32.7 Å². The van der Waals surface area contributed by atoms with Gasteiger partial charge in [-0.3, -0.25) is 4.90 Å². The summed E-state index contributed by atoms with van der Waals surface area (Å²) in [7, 11) is 0. The molecule has 1 atom stereocenters. The van der Waals surface area contributed by atoms with E-state index in [0.29, 0.717) is 6.04 Å². The van der Waals surface area contributed by atoms with Crippen molar-refractivity contribution >= 4 is 22.9 Å². The molecule has 0 spiro atoms. The smallest absolute Gasteiger partial charge is 0.0931 e. The summed E-state index contributed by atoms with van der Waals surface area (Å²) in [4.78, 5) is 2.58. The molecule has 0 amide bonds. The van der Waals surface area contributed by atoms with Crippen LogP contribution in [0.5, 0.6) is 0 Å².